The Kier molecular flexibility index (Phi) is 3.98. The molecule has 0 aromatic heterocycles. The van der Waals surface area contributed by atoms with Crippen LogP contribution in [0.3, 0.4) is 0 Å². The van der Waals surface area contributed by atoms with Gasteiger partial charge in [0.1, 0.15) is 0 Å². The maximum absolute atomic E-state index is 13.3. The van der Waals surface area contributed by atoms with Crippen molar-refractivity contribution in [1.29, 1.82) is 0 Å². The van der Waals surface area contributed by atoms with Crippen molar-refractivity contribution < 1.29 is 9.59 Å². The zero-order valence-corrected chi connectivity index (χ0v) is 16.0. The summed E-state index contributed by atoms with van der Waals surface area (Å²) in [6, 6.07) is 11.1. The lowest BCUT2D eigenvalue weighted by Crippen LogP contribution is -2.31. The molecule has 0 atom stereocenters. The largest absolute Gasteiger partial charge is 0.289 e. The van der Waals surface area contributed by atoms with Crippen LogP contribution in [0.15, 0.2) is 36.4 Å². The second-order valence-corrected chi connectivity index (χ2v) is 8.60. The number of carbonyl (C=O) groups excluding carboxylic acids is 2. The number of hydrogen-bond acceptors (Lipinski definition) is 2. The molecule has 1 aliphatic rings. The molecule has 0 N–H and O–H groups in total. The van der Waals surface area contributed by atoms with Gasteiger partial charge in [-0.2, -0.15) is 0 Å². The summed E-state index contributed by atoms with van der Waals surface area (Å²) >= 11 is 0. The number of hydrogen-bond donors (Lipinski definition) is 0. The Labute approximate surface area is 150 Å². The predicted molar refractivity (Wildman–Crippen MR) is 102 cm³/mol. The molecule has 25 heavy (non-hydrogen) atoms. The summed E-state index contributed by atoms with van der Waals surface area (Å²) in [6.45, 7) is 12.9. The van der Waals surface area contributed by atoms with Crippen molar-refractivity contribution in [2.75, 3.05) is 0 Å². The molecule has 2 heteroatoms. The van der Waals surface area contributed by atoms with Crippen molar-refractivity contribution in [1.82, 2.24) is 0 Å². The summed E-state index contributed by atoms with van der Waals surface area (Å²) in [6.07, 6.45) is 0.966. The molecule has 130 valence electrons. The first kappa shape index (κ1) is 17.6. The summed E-state index contributed by atoms with van der Waals surface area (Å²) in [5.74, 6) is -0.0690. The SMILES string of the molecule is CCC(C)(C)c1ccc2c(c1C(C)(C)C)C(=O)c1ccccc1C2=O. The van der Waals surface area contributed by atoms with Gasteiger partial charge in [0.05, 0.1) is 0 Å². The van der Waals surface area contributed by atoms with Gasteiger partial charge in [-0.3, -0.25) is 9.59 Å². The quantitative estimate of drug-likeness (QED) is 0.625. The Bertz CT molecular complexity index is 879. The summed E-state index contributed by atoms with van der Waals surface area (Å²) in [7, 11) is 0. The number of benzene rings is 2. The van der Waals surface area contributed by atoms with E-state index < -0.39 is 0 Å². The monoisotopic (exact) mass is 334 g/mol. The van der Waals surface area contributed by atoms with E-state index in [-0.39, 0.29) is 22.4 Å². The molecule has 0 saturated carbocycles. The minimum atomic E-state index is -0.227. The molecule has 0 aliphatic heterocycles. The summed E-state index contributed by atoms with van der Waals surface area (Å²) in [5, 5.41) is 0. The third kappa shape index (κ3) is 2.64. The predicted octanol–water partition coefficient (Wildman–Crippen LogP) is 5.45. The molecule has 0 spiro atoms. The van der Waals surface area contributed by atoms with Crippen LogP contribution in [0, 0.1) is 0 Å². The van der Waals surface area contributed by atoms with Gasteiger partial charge in [-0.15, -0.1) is 0 Å². The average Bonchev–Trinajstić information content (AvgIpc) is 2.57. The third-order valence-electron chi connectivity index (χ3n) is 5.46. The van der Waals surface area contributed by atoms with Crippen molar-refractivity contribution in [2.45, 2.75) is 58.8 Å². The Balaban J connectivity index is 2.41. The normalized spacial score (nSPS) is 14.3. The molecule has 2 aromatic carbocycles. The highest BCUT2D eigenvalue weighted by atomic mass is 16.1. The molecule has 2 nitrogen and oxygen atoms in total. The Morgan fingerprint density at radius 1 is 0.760 bits per heavy atom. The molecule has 3 rings (SSSR count). The fraction of sp³-hybridized carbons (Fsp3) is 0.391. The third-order valence-corrected chi connectivity index (χ3v) is 5.46. The van der Waals surface area contributed by atoms with Crippen LogP contribution >= 0.6 is 0 Å². The molecule has 2 aromatic rings. The zero-order valence-electron chi connectivity index (χ0n) is 16.0. The minimum Gasteiger partial charge on any atom is -0.289 e. The fourth-order valence-corrected chi connectivity index (χ4v) is 3.72. The van der Waals surface area contributed by atoms with Gasteiger partial charge in [-0.05, 0) is 34.4 Å². The molecule has 0 radical (unpaired) electrons. The molecular formula is C23H26O2. The maximum atomic E-state index is 13.3. The van der Waals surface area contributed by atoms with E-state index in [0.717, 1.165) is 12.0 Å². The van der Waals surface area contributed by atoms with E-state index in [0.29, 0.717) is 22.3 Å². The number of carbonyl (C=O) groups is 2. The van der Waals surface area contributed by atoms with Gasteiger partial charge in [-0.25, -0.2) is 0 Å². The summed E-state index contributed by atoms with van der Waals surface area (Å²) in [5.41, 5.74) is 4.10. The number of fused-ring (bicyclic) bond motifs is 2. The second-order valence-electron chi connectivity index (χ2n) is 8.60. The van der Waals surface area contributed by atoms with E-state index in [1.165, 1.54) is 5.56 Å². The van der Waals surface area contributed by atoms with Crippen LogP contribution in [0.5, 0.6) is 0 Å². The van der Waals surface area contributed by atoms with Crippen molar-refractivity contribution in [3.63, 3.8) is 0 Å². The van der Waals surface area contributed by atoms with Crippen molar-refractivity contribution in [3.8, 4) is 0 Å². The smallest absolute Gasteiger partial charge is 0.194 e. The topological polar surface area (TPSA) is 34.1 Å². The van der Waals surface area contributed by atoms with Gasteiger partial charge in [0.15, 0.2) is 11.6 Å². The van der Waals surface area contributed by atoms with Gasteiger partial charge >= 0.3 is 0 Å². The Morgan fingerprint density at radius 2 is 1.32 bits per heavy atom. The first-order chi connectivity index (χ1) is 11.6. The van der Waals surface area contributed by atoms with Crippen LogP contribution in [-0.2, 0) is 10.8 Å². The van der Waals surface area contributed by atoms with E-state index in [9.17, 15) is 9.59 Å². The lowest BCUT2D eigenvalue weighted by Gasteiger charge is -2.35. The van der Waals surface area contributed by atoms with E-state index in [1.54, 1.807) is 12.1 Å². The van der Waals surface area contributed by atoms with Gasteiger partial charge in [0.2, 0.25) is 0 Å². The van der Waals surface area contributed by atoms with Crippen LogP contribution in [0.4, 0.5) is 0 Å². The summed E-state index contributed by atoms with van der Waals surface area (Å²) in [4.78, 5) is 26.3. The van der Waals surface area contributed by atoms with Crippen LogP contribution < -0.4 is 0 Å². The number of rotatable bonds is 2. The molecule has 0 saturated heterocycles. The van der Waals surface area contributed by atoms with Crippen molar-refractivity contribution in [2.24, 2.45) is 0 Å². The zero-order chi connectivity index (χ0) is 18.6. The van der Waals surface area contributed by atoms with Crippen LogP contribution in [-0.4, -0.2) is 11.6 Å². The average molecular weight is 334 g/mol. The molecule has 0 heterocycles. The molecular weight excluding hydrogens is 308 g/mol. The van der Waals surface area contributed by atoms with Crippen LogP contribution in [0.25, 0.3) is 0 Å². The Morgan fingerprint density at radius 3 is 1.84 bits per heavy atom. The lowest BCUT2D eigenvalue weighted by atomic mass is 9.68. The van der Waals surface area contributed by atoms with E-state index in [1.807, 2.05) is 18.2 Å². The highest BCUT2D eigenvalue weighted by Gasteiger charge is 2.38. The summed E-state index contributed by atoms with van der Waals surface area (Å²) < 4.78 is 0. The molecule has 1 aliphatic carbocycles. The van der Waals surface area contributed by atoms with Gasteiger partial charge in [0, 0.05) is 22.3 Å². The number of ketones is 2. The van der Waals surface area contributed by atoms with Crippen LogP contribution in [0.2, 0.25) is 0 Å². The standard InChI is InChI=1S/C23H26O2/c1-7-23(5,6)17-13-12-16-18(19(17)22(2,3)4)21(25)15-11-9-8-10-14(15)20(16)24/h8-13H,7H2,1-6H3. The highest BCUT2D eigenvalue weighted by Crippen LogP contribution is 2.42. The van der Waals surface area contributed by atoms with Crippen LogP contribution in [0.1, 0.15) is 90.9 Å². The molecule has 0 fully saturated rings. The van der Waals surface area contributed by atoms with Gasteiger partial charge in [0.25, 0.3) is 0 Å². The maximum Gasteiger partial charge on any atom is 0.194 e. The highest BCUT2D eigenvalue weighted by molar-refractivity contribution is 6.29. The second kappa shape index (κ2) is 5.66. The van der Waals surface area contributed by atoms with E-state index in [2.05, 4.69) is 47.6 Å². The lowest BCUT2D eigenvalue weighted by molar-refractivity contribution is 0.0977. The van der Waals surface area contributed by atoms with E-state index >= 15 is 0 Å². The first-order valence-corrected chi connectivity index (χ1v) is 8.96. The fourth-order valence-electron chi connectivity index (χ4n) is 3.72. The first-order valence-electron chi connectivity index (χ1n) is 8.96. The van der Waals surface area contributed by atoms with Crippen molar-refractivity contribution >= 4 is 11.6 Å². The molecule has 0 unspecified atom stereocenters. The van der Waals surface area contributed by atoms with Crippen molar-refractivity contribution in [3.05, 3.63) is 69.8 Å². The minimum absolute atomic E-state index is 0.0242. The van der Waals surface area contributed by atoms with Gasteiger partial charge in [-0.1, -0.05) is 71.9 Å². The molecule has 0 amide bonds. The van der Waals surface area contributed by atoms with E-state index in [4.69, 9.17) is 0 Å². The Hall–Kier alpha value is -2.22. The molecule has 0 bridgehead atoms. The van der Waals surface area contributed by atoms with Gasteiger partial charge < -0.3 is 0 Å².